The van der Waals surface area contributed by atoms with E-state index in [1.807, 2.05) is 0 Å². The Balaban J connectivity index is 0.00000361. The Labute approximate surface area is 125 Å². The molecule has 0 aliphatic carbocycles. The summed E-state index contributed by atoms with van der Waals surface area (Å²) in [6, 6.07) is 3.61. The van der Waals surface area contributed by atoms with Gasteiger partial charge in [-0.15, -0.1) is 12.4 Å². The average Bonchev–Trinajstić information content (AvgIpc) is 2.44. The molecule has 0 spiro atoms. The van der Waals surface area contributed by atoms with Gasteiger partial charge in [-0.05, 0) is 24.7 Å². The topological polar surface area (TPSA) is 68.8 Å². The van der Waals surface area contributed by atoms with E-state index in [0.717, 1.165) is 5.56 Å². The van der Waals surface area contributed by atoms with E-state index in [1.54, 1.807) is 40.5 Å². The van der Waals surface area contributed by atoms with Gasteiger partial charge in [0.2, 0.25) is 11.7 Å². The van der Waals surface area contributed by atoms with Crippen molar-refractivity contribution < 1.29 is 19.0 Å². The first kappa shape index (κ1) is 18.3. The van der Waals surface area contributed by atoms with Crippen molar-refractivity contribution in [3.8, 4) is 17.2 Å². The van der Waals surface area contributed by atoms with Gasteiger partial charge in [0, 0.05) is 6.54 Å². The molecule has 2 N–H and O–H groups in total. The lowest BCUT2D eigenvalue weighted by Crippen LogP contribution is -2.31. The van der Waals surface area contributed by atoms with E-state index in [9.17, 15) is 4.79 Å². The van der Waals surface area contributed by atoms with Crippen LogP contribution in [-0.4, -0.2) is 40.8 Å². The highest BCUT2D eigenvalue weighted by atomic mass is 35.5. The molecule has 0 aliphatic heterocycles. The highest BCUT2D eigenvalue weighted by molar-refractivity contribution is 5.85. The molecule has 7 heteroatoms. The molecule has 0 saturated heterocycles. The highest BCUT2D eigenvalue weighted by Crippen LogP contribution is 2.38. The van der Waals surface area contributed by atoms with Gasteiger partial charge in [0.1, 0.15) is 0 Å². The van der Waals surface area contributed by atoms with Crippen LogP contribution in [-0.2, 0) is 11.3 Å². The number of likely N-dealkylation sites (N-methyl/N-ethyl adjacent to an activating group) is 1. The van der Waals surface area contributed by atoms with Crippen molar-refractivity contribution in [2.24, 2.45) is 0 Å². The third-order valence-corrected chi connectivity index (χ3v) is 2.55. The van der Waals surface area contributed by atoms with Gasteiger partial charge in [0.05, 0.1) is 27.9 Å². The second kappa shape index (κ2) is 9.28. The van der Waals surface area contributed by atoms with Crippen LogP contribution < -0.4 is 24.8 Å². The fraction of sp³-hybridized carbons (Fsp3) is 0.462. The van der Waals surface area contributed by atoms with Gasteiger partial charge in [-0.3, -0.25) is 4.79 Å². The minimum Gasteiger partial charge on any atom is -0.493 e. The molecular weight excluding hydrogens is 284 g/mol. The Morgan fingerprint density at radius 1 is 1.10 bits per heavy atom. The van der Waals surface area contributed by atoms with Crippen molar-refractivity contribution in [2.75, 3.05) is 34.9 Å². The van der Waals surface area contributed by atoms with Crippen molar-refractivity contribution >= 4 is 18.3 Å². The van der Waals surface area contributed by atoms with Gasteiger partial charge in [0.25, 0.3) is 0 Å². The summed E-state index contributed by atoms with van der Waals surface area (Å²) in [5.41, 5.74) is 0.874. The van der Waals surface area contributed by atoms with Crippen LogP contribution in [0.1, 0.15) is 5.56 Å². The van der Waals surface area contributed by atoms with Crippen LogP contribution in [0.15, 0.2) is 12.1 Å². The third kappa shape index (κ3) is 4.79. The minimum atomic E-state index is -0.0729. The van der Waals surface area contributed by atoms with Gasteiger partial charge in [0.15, 0.2) is 11.5 Å². The van der Waals surface area contributed by atoms with E-state index in [-0.39, 0.29) is 24.9 Å². The van der Waals surface area contributed by atoms with Crippen molar-refractivity contribution in [3.63, 3.8) is 0 Å². The lowest BCUT2D eigenvalue weighted by molar-refractivity contribution is -0.120. The van der Waals surface area contributed by atoms with Gasteiger partial charge >= 0.3 is 0 Å². The van der Waals surface area contributed by atoms with Crippen LogP contribution in [0.25, 0.3) is 0 Å². The van der Waals surface area contributed by atoms with Crippen molar-refractivity contribution in [3.05, 3.63) is 17.7 Å². The van der Waals surface area contributed by atoms with E-state index < -0.39 is 0 Å². The number of nitrogens with one attached hydrogen (secondary N) is 2. The Bertz CT molecular complexity index is 415. The summed E-state index contributed by atoms with van der Waals surface area (Å²) in [5.74, 6) is 1.60. The van der Waals surface area contributed by atoms with Crippen molar-refractivity contribution in [1.82, 2.24) is 10.6 Å². The largest absolute Gasteiger partial charge is 0.493 e. The monoisotopic (exact) mass is 304 g/mol. The molecule has 0 saturated carbocycles. The van der Waals surface area contributed by atoms with Gasteiger partial charge in [-0.2, -0.15) is 0 Å². The number of hydrogen-bond donors (Lipinski definition) is 2. The van der Waals surface area contributed by atoms with Crippen LogP contribution in [0, 0.1) is 0 Å². The van der Waals surface area contributed by atoms with Crippen LogP contribution in [0.3, 0.4) is 0 Å². The number of amides is 1. The molecule has 20 heavy (non-hydrogen) atoms. The standard InChI is InChI=1S/C13H20N2O4.ClH/c1-14-8-12(16)15-7-9-5-10(17-2)13(19-4)11(6-9)18-3;/h5-6,14H,7-8H2,1-4H3,(H,15,16);1H. The van der Waals surface area contributed by atoms with E-state index >= 15 is 0 Å². The van der Waals surface area contributed by atoms with E-state index in [0.29, 0.717) is 23.8 Å². The number of hydrogen-bond acceptors (Lipinski definition) is 5. The lowest BCUT2D eigenvalue weighted by Gasteiger charge is -2.14. The summed E-state index contributed by atoms with van der Waals surface area (Å²) in [6.45, 7) is 0.682. The molecule has 0 aliphatic rings. The van der Waals surface area contributed by atoms with E-state index in [4.69, 9.17) is 14.2 Å². The maximum absolute atomic E-state index is 11.4. The minimum absolute atomic E-state index is 0. The molecule has 0 bridgehead atoms. The molecule has 0 aromatic heterocycles. The second-order valence-electron chi connectivity index (χ2n) is 3.84. The number of ether oxygens (including phenoxy) is 3. The van der Waals surface area contributed by atoms with Crippen LogP contribution in [0.2, 0.25) is 0 Å². The van der Waals surface area contributed by atoms with Gasteiger partial charge < -0.3 is 24.8 Å². The maximum Gasteiger partial charge on any atom is 0.234 e. The number of benzene rings is 1. The fourth-order valence-corrected chi connectivity index (χ4v) is 1.66. The smallest absolute Gasteiger partial charge is 0.234 e. The van der Waals surface area contributed by atoms with Crippen LogP contribution in [0.4, 0.5) is 0 Å². The zero-order valence-electron chi connectivity index (χ0n) is 12.1. The quantitative estimate of drug-likeness (QED) is 0.785. The Morgan fingerprint density at radius 2 is 1.65 bits per heavy atom. The van der Waals surface area contributed by atoms with E-state index in [1.165, 1.54) is 0 Å². The molecule has 0 heterocycles. The molecule has 1 aromatic rings. The van der Waals surface area contributed by atoms with Crippen LogP contribution in [0.5, 0.6) is 17.2 Å². The first-order chi connectivity index (χ1) is 9.15. The number of halogens is 1. The first-order valence-corrected chi connectivity index (χ1v) is 5.86. The summed E-state index contributed by atoms with van der Waals surface area (Å²) in [5, 5.41) is 5.57. The number of carbonyl (C=O) groups excluding carboxylic acids is 1. The molecule has 1 amide bonds. The van der Waals surface area contributed by atoms with Crippen LogP contribution >= 0.6 is 12.4 Å². The predicted octanol–water partition coefficient (Wildman–Crippen LogP) is 0.970. The maximum atomic E-state index is 11.4. The highest BCUT2D eigenvalue weighted by Gasteiger charge is 2.13. The Hall–Kier alpha value is -1.66. The fourth-order valence-electron chi connectivity index (χ4n) is 1.66. The van der Waals surface area contributed by atoms with Crippen molar-refractivity contribution in [2.45, 2.75) is 6.54 Å². The molecule has 1 rings (SSSR count). The average molecular weight is 305 g/mol. The first-order valence-electron chi connectivity index (χ1n) is 5.86. The molecule has 0 unspecified atom stereocenters. The molecule has 114 valence electrons. The molecule has 0 radical (unpaired) electrons. The zero-order valence-corrected chi connectivity index (χ0v) is 12.9. The lowest BCUT2D eigenvalue weighted by atomic mass is 10.1. The van der Waals surface area contributed by atoms with Gasteiger partial charge in [-0.25, -0.2) is 0 Å². The van der Waals surface area contributed by atoms with E-state index in [2.05, 4.69) is 10.6 Å². The molecule has 1 aromatic carbocycles. The number of carbonyl (C=O) groups is 1. The SMILES string of the molecule is CNCC(=O)NCc1cc(OC)c(OC)c(OC)c1.Cl. The Kier molecular flexibility index (Phi) is 8.51. The Morgan fingerprint density at radius 3 is 2.05 bits per heavy atom. The van der Waals surface area contributed by atoms with Gasteiger partial charge in [-0.1, -0.05) is 0 Å². The predicted molar refractivity (Wildman–Crippen MR) is 79.1 cm³/mol. The summed E-state index contributed by atoms with van der Waals surface area (Å²) in [4.78, 5) is 11.4. The third-order valence-electron chi connectivity index (χ3n) is 2.55. The number of rotatable bonds is 7. The summed E-state index contributed by atoms with van der Waals surface area (Å²) < 4.78 is 15.7. The molecule has 0 fully saturated rings. The molecule has 0 atom stereocenters. The summed E-state index contributed by atoms with van der Waals surface area (Å²) in [6.07, 6.45) is 0. The molecule has 6 nitrogen and oxygen atoms in total. The number of methoxy groups -OCH3 is 3. The summed E-state index contributed by atoms with van der Waals surface area (Å²) in [7, 11) is 6.38. The molecular formula is C13H21ClN2O4. The normalized spacial score (nSPS) is 9.40. The second-order valence-corrected chi connectivity index (χ2v) is 3.84. The summed E-state index contributed by atoms with van der Waals surface area (Å²) >= 11 is 0. The zero-order chi connectivity index (χ0) is 14.3. The van der Waals surface area contributed by atoms with Crippen molar-refractivity contribution in [1.29, 1.82) is 0 Å².